The molecule has 0 bridgehead atoms. The van der Waals surface area contributed by atoms with Gasteiger partial charge >= 0.3 is 0 Å². The average Bonchev–Trinajstić information content (AvgIpc) is 3.33. The second-order valence-corrected chi connectivity index (χ2v) is 6.96. The Morgan fingerprint density at radius 3 is 2.69 bits per heavy atom. The maximum absolute atomic E-state index is 12.8. The molecule has 0 aliphatic carbocycles. The van der Waals surface area contributed by atoms with Crippen LogP contribution in [0.5, 0.6) is 5.75 Å². The topological polar surface area (TPSA) is 76.5 Å². The van der Waals surface area contributed by atoms with Gasteiger partial charge in [-0.2, -0.15) is 5.10 Å². The van der Waals surface area contributed by atoms with E-state index in [1.807, 2.05) is 30.3 Å². The third-order valence-corrected chi connectivity index (χ3v) is 5.06. The van der Waals surface area contributed by atoms with Gasteiger partial charge in [0.2, 0.25) is 5.91 Å². The van der Waals surface area contributed by atoms with Crippen molar-refractivity contribution in [2.75, 3.05) is 18.6 Å². The number of nitrogens with one attached hydrogen (secondary N) is 1. The summed E-state index contributed by atoms with van der Waals surface area (Å²) in [7, 11) is 3.41. The van der Waals surface area contributed by atoms with Crippen LogP contribution in [0.15, 0.2) is 60.9 Å². The summed E-state index contributed by atoms with van der Waals surface area (Å²) in [6.07, 6.45) is 4.00. The van der Waals surface area contributed by atoms with E-state index in [1.54, 1.807) is 54.3 Å². The zero-order valence-electron chi connectivity index (χ0n) is 16.3. The number of aryl methyl sites for hydroxylation is 1. The molecule has 7 heteroatoms. The Morgan fingerprint density at radius 2 is 2.00 bits per heavy atom. The molecule has 1 aromatic heterocycles. The maximum Gasteiger partial charge on any atom is 0.251 e. The van der Waals surface area contributed by atoms with Crippen LogP contribution in [0, 0.1) is 0 Å². The number of rotatable bonds is 5. The van der Waals surface area contributed by atoms with Crippen LogP contribution in [-0.2, 0) is 11.8 Å². The predicted octanol–water partition coefficient (Wildman–Crippen LogP) is 2.63. The van der Waals surface area contributed by atoms with Gasteiger partial charge in [-0.25, -0.2) is 0 Å². The van der Waals surface area contributed by atoms with E-state index >= 15 is 0 Å². The summed E-state index contributed by atoms with van der Waals surface area (Å²) in [4.78, 5) is 27.2. The highest BCUT2D eigenvalue weighted by atomic mass is 16.5. The van der Waals surface area contributed by atoms with E-state index in [1.165, 1.54) is 0 Å². The van der Waals surface area contributed by atoms with Crippen molar-refractivity contribution in [1.82, 2.24) is 15.1 Å². The van der Waals surface area contributed by atoms with E-state index in [-0.39, 0.29) is 11.8 Å². The second kappa shape index (κ2) is 7.79. The minimum absolute atomic E-state index is 0.122. The molecule has 0 spiro atoms. The van der Waals surface area contributed by atoms with Gasteiger partial charge in [-0.05, 0) is 30.2 Å². The molecule has 1 atom stereocenters. The lowest BCUT2D eigenvalue weighted by molar-refractivity contribution is -0.118. The number of aromatic nitrogens is 2. The number of benzene rings is 2. The van der Waals surface area contributed by atoms with Crippen molar-refractivity contribution in [1.29, 1.82) is 0 Å². The van der Waals surface area contributed by atoms with Gasteiger partial charge < -0.3 is 15.0 Å². The molecule has 2 aromatic carbocycles. The Balaban J connectivity index is 1.52. The second-order valence-electron chi connectivity index (χ2n) is 6.96. The van der Waals surface area contributed by atoms with Crippen LogP contribution < -0.4 is 15.0 Å². The summed E-state index contributed by atoms with van der Waals surface area (Å²) in [5, 5.41) is 6.98. The fourth-order valence-corrected chi connectivity index (χ4v) is 3.55. The van der Waals surface area contributed by atoms with Gasteiger partial charge in [0.1, 0.15) is 11.8 Å². The molecule has 1 fully saturated rings. The number of ether oxygens (including phenoxy) is 1. The van der Waals surface area contributed by atoms with Gasteiger partial charge in [-0.1, -0.05) is 30.3 Å². The van der Waals surface area contributed by atoms with Crippen LogP contribution in [0.1, 0.15) is 16.8 Å². The summed E-state index contributed by atoms with van der Waals surface area (Å²) in [5.41, 5.74) is 3.01. The molecule has 2 heterocycles. The Bertz CT molecular complexity index is 1050. The van der Waals surface area contributed by atoms with Gasteiger partial charge in [0.15, 0.2) is 0 Å². The van der Waals surface area contributed by atoms with Crippen molar-refractivity contribution in [3.8, 4) is 16.9 Å². The van der Waals surface area contributed by atoms with Crippen molar-refractivity contribution in [2.45, 2.75) is 12.5 Å². The van der Waals surface area contributed by atoms with Gasteiger partial charge in [0.25, 0.3) is 5.91 Å². The number of amides is 2. The molecule has 2 amide bonds. The molecule has 7 nitrogen and oxygen atoms in total. The number of carbonyl (C=O) groups excluding carboxylic acids is 2. The average molecular weight is 390 g/mol. The molecule has 4 rings (SSSR count). The maximum atomic E-state index is 12.8. The number of nitrogens with zero attached hydrogens (tertiary/aromatic N) is 3. The summed E-state index contributed by atoms with van der Waals surface area (Å²) in [6, 6.07) is 14.5. The lowest BCUT2D eigenvalue weighted by atomic mass is 10.0. The molecule has 0 saturated carbocycles. The van der Waals surface area contributed by atoms with Gasteiger partial charge in [0.05, 0.1) is 19.0 Å². The van der Waals surface area contributed by atoms with Gasteiger partial charge in [-0.15, -0.1) is 0 Å². The van der Waals surface area contributed by atoms with Gasteiger partial charge in [0, 0.05) is 30.9 Å². The van der Waals surface area contributed by atoms with Crippen molar-refractivity contribution in [3.05, 3.63) is 66.5 Å². The summed E-state index contributed by atoms with van der Waals surface area (Å²) >= 11 is 0. The van der Waals surface area contributed by atoms with Crippen LogP contribution in [0.4, 0.5) is 5.69 Å². The first-order valence-corrected chi connectivity index (χ1v) is 9.41. The Morgan fingerprint density at radius 1 is 1.21 bits per heavy atom. The normalized spacial score (nSPS) is 16.1. The Labute approximate surface area is 168 Å². The highest BCUT2D eigenvalue weighted by Gasteiger charge is 2.34. The zero-order valence-corrected chi connectivity index (χ0v) is 16.3. The van der Waals surface area contributed by atoms with Crippen LogP contribution >= 0.6 is 0 Å². The number of anilines is 1. The summed E-state index contributed by atoms with van der Waals surface area (Å²) < 4.78 is 7.10. The van der Waals surface area contributed by atoms with E-state index < -0.39 is 6.04 Å². The number of methoxy groups -OCH3 is 1. The van der Waals surface area contributed by atoms with E-state index in [9.17, 15) is 9.59 Å². The quantitative estimate of drug-likeness (QED) is 0.727. The first-order valence-electron chi connectivity index (χ1n) is 9.41. The Kier molecular flexibility index (Phi) is 5.03. The monoisotopic (exact) mass is 390 g/mol. The van der Waals surface area contributed by atoms with Crippen molar-refractivity contribution < 1.29 is 14.3 Å². The lowest BCUT2D eigenvalue weighted by Gasteiger charge is -2.16. The Hall–Kier alpha value is -3.61. The van der Waals surface area contributed by atoms with E-state index in [2.05, 4.69) is 10.4 Å². The third kappa shape index (κ3) is 3.71. The van der Waals surface area contributed by atoms with E-state index in [0.29, 0.717) is 24.3 Å². The first-order chi connectivity index (χ1) is 14.1. The largest absolute Gasteiger partial charge is 0.496 e. The van der Waals surface area contributed by atoms with Crippen molar-refractivity contribution in [3.63, 3.8) is 0 Å². The first kappa shape index (κ1) is 18.7. The van der Waals surface area contributed by atoms with Crippen molar-refractivity contribution >= 4 is 17.5 Å². The molecular weight excluding hydrogens is 368 g/mol. The van der Waals surface area contributed by atoms with Crippen LogP contribution in [0.25, 0.3) is 11.1 Å². The molecule has 1 N–H and O–H groups in total. The smallest absolute Gasteiger partial charge is 0.251 e. The predicted molar refractivity (Wildman–Crippen MR) is 110 cm³/mol. The number of hydrogen-bond acceptors (Lipinski definition) is 4. The van der Waals surface area contributed by atoms with Crippen LogP contribution in [0.2, 0.25) is 0 Å². The molecule has 0 radical (unpaired) electrons. The molecule has 29 heavy (non-hydrogen) atoms. The summed E-state index contributed by atoms with van der Waals surface area (Å²) in [6.45, 7) is 0.549. The molecule has 1 saturated heterocycles. The van der Waals surface area contributed by atoms with Gasteiger partial charge in [-0.3, -0.25) is 14.3 Å². The molecular formula is C22H22N4O3. The fraction of sp³-hybridized carbons (Fsp3) is 0.227. The number of carbonyl (C=O) groups is 2. The highest BCUT2D eigenvalue weighted by Crippen LogP contribution is 2.31. The standard InChI is InChI=1S/C22H22N4O3/c1-25-14-17(13-23-25)26-11-10-19(22(26)28)24-21(27)16-8-9-20(29-2)18(12-16)15-6-4-3-5-7-15/h3-9,12-14,19H,10-11H2,1-2H3,(H,24,27). The molecule has 1 aliphatic heterocycles. The summed E-state index contributed by atoms with van der Waals surface area (Å²) in [5.74, 6) is 0.284. The molecule has 148 valence electrons. The number of hydrogen-bond donors (Lipinski definition) is 1. The zero-order chi connectivity index (χ0) is 20.4. The molecule has 3 aromatic rings. The SMILES string of the molecule is COc1ccc(C(=O)NC2CCN(c3cnn(C)c3)C2=O)cc1-c1ccccc1. The highest BCUT2D eigenvalue weighted by molar-refractivity contribution is 6.04. The lowest BCUT2D eigenvalue weighted by Crippen LogP contribution is -2.41. The van der Waals surface area contributed by atoms with E-state index in [0.717, 1.165) is 16.8 Å². The van der Waals surface area contributed by atoms with Crippen LogP contribution in [-0.4, -0.2) is 41.3 Å². The molecule has 1 aliphatic rings. The van der Waals surface area contributed by atoms with Crippen LogP contribution in [0.3, 0.4) is 0 Å². The molecule has 1 unspecified atom stereocenters. The minimum Gasteiger partial charge on any atom is -0.496 e. The third-order valence-electron chi connectivity index (χ3n) is 5.06. The van der Waals surface area contributed by atoms with E-state index in [4.69, 9.17) is 4.74 Å². The van der Waals surface area contributed by atoms with Crippen molar-refractivity contribution in [2.24, 2.45) is 7.05 Å². The fourth-order valence-electron chi connectivity index (χ4n) is 3.55. The minimum atomic E-state index is -0.551.